The summed E-state index contributed by atoms with van der Waals surface area (Å²) >= 11 is 0. The van der Waals surface area contributed by atoms with Crippen molar-refractivity contribution in [2.75, 3.05) is 0 Å². The largest absolute Gasteiger partial charge is 2.00 e. The van der Waals surface area contributed by atoms with Crippen molar-refractivity contribution in [3.63, 3.8) is 0 Å². The van der Waals surface area contributed by atoms with Gasteiger partial charge in [0.25, 0.3) is 0 Å². The summed E-state index contributed by atoms with van der Waals surface area (Å²) in [5, 5.41) is 28.8. The number of nitrogens with zero attached hydrogens (tertiary/aromatic N) is 3. The van der Waals surface area contributed by atoms with Crippen LogP contribution in [0.1, 0.15) is 43.9 Å². The van der Waals surface area contributed by atoms with Gasteiger partial charge in [0, 0.05) is 84.4 Å². The number of fused-ring (bicyclic) bond motifs is 9. The number of aromatic nitrogens is 3. The number of allylic oxidation sites excluding steroid dienone is 1. The zero-order valence-electron chi connectivity index (χ0n) is 42.2. The van der Waals surface area contributed by atoms with Gasteiger partial charge >= 0.3 is 21.1 Å². The minimum Gasteiger partial charge on any atom is -0.512 e. The molecular formula is C67H57F2N3O2Pt. The van der Waals surface area contributed by atoms with Crippen LogP contribution in [-0.4, -0.2) is 30.0 Å². The van der Waals surface area contributed by atoms with Gasteiger partial charge in [-0.25, -0.2) is 5.56 Å². The number of aliphatic hydroxyl groups excluding tert-OH is 2. The van der Waals surface area contributed by atoms with E-state index in [1.54, 1.807) is 30.3 Å². The van der Waals surface area contributed by atoms with Crippen LogP contribution in [0, 0.1) is 29.2 Å². The Morgan fingerprint density at radius 3 is 1.45 bits per heavy atom. The maximum absolute atomic E-state index is 13.2. The molecule has 3 aromatic heterocycles. The fourth-order valence-corrected chi connectivity index (χ4v) is 10.5. The maximum Gasteiger partial charge on any atom is 2.00 e. The monoisotopic (exact) mass is 1170 g/mol. The summed E-state index contributed by atoms with van der Waals surface area (Å²) < 4.78 is 33.2. The van der Waals surface area contributed by atoms with E-state index in [0.29, 0.717) is 18.4 Å². The fourth-order valence-electron chi connectivity index (χ4n) is 10.5. The molecule has 0 spiro atoms. The summed E-state index contributed by atoms with van der Waals surface area (Å²) in [6, 6.07) is 72.2. The quantitative estimate of drug-likeness (QED) is 0.0946. The van der Waals surface area contributed by atoms with E-state index in [9.17, 15) is 19.0 Å². The molecule has 0 saturated carbocycles. The third kappa shape index (κ3) is 10.5. The van der Waals surface area contributed by atoms with Crippen LogP contribution < -0.4 is 0 Å². The zero-order chi connectivity index (χ0) is 50.9. The van der Waals surface area contributed by atoms with E-state index >= 15 is 0 Å². The van der Waals surface area contributed by atoms with Crippen LogP contribution in [0.15, 0.2) is 206 Å². The van der Waals surface area contributed by atoms with Crippen LogP contribution in [0.25, 0.3) is 82.2 Å². The third-order valence-electron chi connectivity index (χ3n) is 14.4. The van der Waals surface area contributed by atoms with Gasteiger partial charge in [0.15, 0.2) is 0 Å². The first-order chi connectivity index (χ1) is 36.0. The fraction of sp³-hybridized carbons (Fsp3) is 0.164. The Morgan fingerprint density at radius 2 is 1.00 bits per heavy atom. The molecule has 5 nitrogen and oxygen atoms in total. The van der Waals surface area contributed by atoms with Gasteiger partial charge in [-0.05, 0) is 115 Å². The van der Waals surface area contributed by atoms with E-state index in [2.05, 4.69) is 184 Å². The Labute approximate surface area is 450 Å². The van der Waals surface area contributed by atoms with E-state index < -0.39 is 17.7 Å². The van der Waals surface area contributed by atoms with Gasteiger partial charge < -0.3 is 23.9 Å². The van der Waals surface area contributed by atoms with Crippen molar-refractivity contribution in [2.24, 2.45) is 5.41 Å². The molecule has 0 bridgehead atoms. The van der Waals surface area contributed by atoms with Gasteiger partial charge in [-0.3, -0.25) is 8.78 Å². The van der Waals surface area contributed by atoms with Crippen LogP contribution in [0.4, 0.5) is 8.78 Å². The van der Waals surface area contributed by atoms with Crippen molar-refractivity contribution >= 4 is 65.4 Å². The van der Waals surface area contributed by atoms with Crippen LogP contribution >= 0.6 is 0 Å². The molecular weight excluding hydrogens is 1110 g/mol. The third-order valence-corrected chi connectivity index (χ3v) is 14.4. The van der Waals surface area contributed by atoms with Gasteiger partial charge in [0.1, 0.15) is 0 Å². The Bertz CT molecular complexity index is 3730. The Hall–Kier alpha value is -7.57. The number of aliphatic hydroxyl groups is 2. The predicted molar refractivity (Wildman–Crippen MR) is 301 cm³/mol. The normalized spacial score (nSPS) is 12.4. The molecule has 376 valence electrons. The molecule has 2 N–H and O–H groups in total. The molecule has 3 heterocycles. The molecule has 75 heavy (non-hydrogen) atoms. The van der Waals surface area contributed by atoms with E-state index in [0.717, 1.165) is 49.3 Å². The molecule has 1 atom stereocenters. The summed E-state index contributed by atoms with van der Waals surface area (Å²) in [5.41, 5.74) is 12.8. The molecule has 9 aromatic carbocycles. The molecule has 0 aliphatic carbocycles. The van der Waals surface area contributed by atoms with Crippen molar-refractivity contribution < 1.29 is 40.1 Å². The zero-order valence-corrected chi connectivity index (χ0v) is 44.5. The number of hydrogen-bond donors (Lipinski definition) is 2. The van der Waals surface area contributed by atoms with Crippen molar-refractivity contribution in [2.45, 2.75) is 65.6 Å². The topological polar surface area (TPSA) is 55.2 Å². The van der Waals surface area contributed by atoms with Gasteiger partial charge in [-0.1, -0.05) is 124 Å². The van der Waals surface area contributed by atoms with Gasteiger partial charge in [0.05, 0.1) is 22.9 Å². The molecule has 0 amide bonds. The first-order valence-electron chi connectivity index (χ1n) is 25.5. The Balaban J connectivity index is 0.000000370. The van der Waals surface area contributed by atoms with Crippen LogP contribution in [0.3, 0.4) is 0 Å². The second kappa shape index (κ2) is 21.7. The minimum atomic E-state index is -0.699. The summed E-state index contributed by atoms with van der Waals surface area (Å²) in [5.74, 6) is -1.02. The summed E-state index contributed by atoms with van der Waals surface area (Å²) in [7, 11) is 0. The van der Waals surface area contributed by atoms with Gasteiger partial charge in [-0.2, -0.15) is 35.9 Å². The summed E-state index contributed by atoms with van der Waals surface area (Å²) in [6.07, 6.45) is 3.98. The number of rotatable bonds is 12. The van der Waals surface area contributed by atoms with Gasteiger partial charge in [0.2, 0.25) is 0 Å². The van der Waals surface area contributed by atoms with Crippen LogP contribution in [-0.2, 0) is 53.4 Å². The average Bonchev–Trinajstić information content (AvgIpc) is 4.05. The Kier molecular flexibility index (Phi) is 14.8. The van der Waals surface area contributed by atoms with Gasteiger partial charge in [-0.15, -0.1) is 12.1 Å². The number of aryl methyl sites for hydroxylation is 5. The molecule has 8 heteroatoms. The minimum absolute atomic E-state index is 0. The first kappa shape index (κ1) is 50.9. The van der Waals surface area contributed by atoms with Crippen molar-refractivity contribution in [1.29, 1.82) is 0 Å². The number of benzene rings is 9. The van der Waals surface area contributed by atoms with E-state index in [-0.39, 0.29) is 37.8 Å². The second-order valence-electron chi connectivity index (χ2n) is 20.3. The van der Waals surface area contributed by atoms with Crippen molar-refractivity contribution in [3.8, 4) is 16.8 Å². The SMILES string of the molecule is CC(C)(C)C(O)=CC(O)CCc1ccc(-n2c3ccc(CCn4c5ccccc5c5ccccc54)cc3c3cc(CCn4c5ccccc5c5ccccc54)ccc32)cc1.Fc1c[c-]c(-c2[c-]cccc2)c(F)c1.[Pt+2]. The van der Waals surface area contributed by atoms with E-state index in [4.69, 9.17) is 0 Å². The molecule has 0 aliphatic rings. The molecule has 12 aromatic rings. The molecule has 0 fully saturated rings. The maximum atomic E-state index is 13.2. The van der Waals surface area contributed by atoms with E-state index in [1.165, 1.54) is 76.5 Å². The smallest absolute Gasteiger partial charge is 0.512 e. The van der Waals surface area contributed by atoms with Crippen molar-refractivity contribution in [1.82, 2.24) is 13.7 Å². The average molecular weight is 1170 g/mol. The molecule has 0 aliphatic heterocycles. The number of para-hydroxylation sites is 4. The van der Waals surface area contributed by atoms with E-state index in [1.807, 2.05) is 20.8 Å². The van der Waals surface area contributed by atoms with Crippen molar-refractivity contribution in [3.05, 3.63) is 246 Å². The summed E-state index contributed by atoms with van der Waals surface area (Å²) in [4.78, 5) is 0. The molecule has 0 saturated heterocycles. The van der Waals surface area contributed by atoms with Crippen LogP contribution in [0.2, 0.25) is 0 Å². The molecule has 0 radical (unpaired) electrons. The molecule has 12 rings (SSSR count). The number of hydrogen-bond acceptors (Lipinski definition) is 2. The summed E-state index contributed by atoms with van der Waals surface area (Å²) in [6.45, 7) is 7.62. The number of halogens is 2. The standard InChI is InChI=1S/C55H51N3O2.C12H6F2.Pt/c1-55(2,3)54(60)36-41(59)27-22-37-20-25-40(26-21-37)58-52-28-23-38(30-32-56-48-16-8-4-12-42(48)43-13-5-9-17-49(43)56)34-46(52)47-35-39(24-29-53(47)58)31-33-57-50-18-10-6-14-44(50)45-15-7-11-19-51(45)57;13-10-6-7-11(12(14)8-10)9-4-2-1-3-5-9;/h4-21,23-26,28-29,34-36,41,59-60H,22,27,30-33H2,1-3H3;1-4,6,8H;/q;-2;+2. The predicted octanol–water partition coefficient (Wildman–Crippen LogP) is 16.5. The molecule has 1 unspecified atom stereocenters. The second-order valence-corrected chi connectivity index (χ2v) is 20.3. The first-order valence-corrected chi connectivity index (χ1v) is 25.5. The Morgan fingerprint density at radius 1 is 0.533 bits per heavy atom. The van der Waals surface area contributed by atoms with Crippen LogP contribution in [0.5, 0.6) is 0 Å².